The molecule has 0 spiro atoms. The highest BCUT2D eigenvalue weighted by molar-refractivity contribution is 5.76. The summed E-state index contributed by atoms with van der Waals surface area (Å²) in [5, 5.41) is 8.47. The zero-order valence-electron chi connectivity index (χ0n) is 26.0. The number of aromatic nitrogens is 2. The lowest BCUT2D eigenvalue weighted by Crippen LogP contribution is -2.10. The summed E-state index contributed by atoms with van der Waals surface area (Å²) in [6, 6.07) is 44.7. The fourth-order valence-electron chi connectivity index (χ4n) is 4.83. The van der Waals surface area contributed by atoms with Crippen molar-refractivity contribution in [3.63, 3.8) is 0 Å². The number of anilines is 3. The molecule has 5 aromatic carbocycles. The van der Waals surface area contributed by atoms with Gasteiger partial charge in [0.15, 0.2) is 0 Å². The Kier molecular flexibility index (Phi) is 8.78. The maximum Gasteiger partial charge on any atom is 0.248 e. The minimum absolute atomic E-state index is 0.0880. The zero-order valence-corrected chi connectivity index (χ0v) is 26.0. The first-order chi connectivity index (χ1) is 22.4. The molecule has 6 aromatic rings. The molecule has 0 unspecified atom stereocenters. The lowest BCUT2D eigenvalue weighted by molar-refractivity contribution is 0.582. The van der Waals surface area contributed by atoms with Gasteiger partial charge in [0.05, 0.1) is 0 Å². The van der Waals surface area contributed by atoms with E-state index in [0.717, 1.165) is 39.3 Å². The third-order valence-corrected chi connectivity index (χ3v) is 7.31. The van der Waals surface area contributed by atoms with Crippen LogP contribution in [0.3, 0.4) is 0 Å². The van der Waals surface area contributed by atoms with Crippen LogP contribution >= 0.6 is 0 Å². The molecule has 1 aromatic heterocycles. The van der Waals surface area contributed by atoms with Gasteiger partial charge in [-0.05, 0) is 120 Å². The van der Waals surface area contributed by atoms with E-state index in [1.165, 1.54) is 5.56 Å². The van der Waals surface area contributed by atoms with Crippen molar-refractivity contribution in [2.24, 2.45) is 0 Å². The van der Waals surface area contributed by atoms with Gasteiger partial charge in [-0.25, -0.2) is 0 Å². The van der Waals surface area contributed by atoms with Gasteiger partial charge in [-0.1, -0.05) is 81.1 Å². The van der Waals surface area contributed by atoms with Gasteiger partial charge in [0.2, 0.25) is 11.8 Å². The molecule has 0 N–H and O–H groups in total. The van der Waals surface area contributed by atoms with Gasteiger partial charge in [0.25, 0.3) is 0 Å². The second-order valence-electron chi connectivity index (χ2n) is 11.6. The van der Waals surface area contributed by atoms with E-state index in [2.05, 4.69) is 120 Å². The minimum atomic E-state index is 0.0880. The van der Waals surface area contributed by atoms with Crippen molar-refractivity contribution in [2.45, 2.75) is 26.2 Å². The summed E-state index contributed by atoms with van der Waals surface area (Å²) >= 11 is 0. The smallest absolute Gasteiger partial charge is 0.248 e. The Hall–Kier alpha value is -6.28. The van der Waals surface area contributed by atoms with Crippen LogP contribution in [0.25, 0.3) is 22.9 Å². The number of benzene rings is 5. The highest BCUT2D eigenvalue weighted by Gasteiger charge is 2.15. The maximum atomic E-state index is 5.94. The number of hydrogen-bond donors (Lipinski definition) is 0. The van der Waals surface area contributed by atoms with Crippen LogP contribution in [0.15, 0.2) is 138 Å². The second kappa shape index (κ2) is 13.6. The Labute approximate surface area is 270 Å². The van der Waals surface area contributed by atoms with Crippen LogP contribution in [0.5, 0.6) is 0 Å². The van der Waals surface area contributed by atoms with E-state index < -0.39 is 0 Å². The molecule has 4 nitrogen and oxygen atoms in total. The normalized spacial score (nSPS) is 10.4. The van der Waals surface area contributed by atoms with E-state index in [1.807, 2.05) is 84.9 Å². The van der Waals surface area contributed by atoms with Crippen molar-refractivity contribution in [2.75, 3.05) is 4.90 Å². The highest BCUT2D eigenvalue weighted by atomic mass is 16.4. The molecule has 6 rings (SSSR count). The van der Waals surface area contributed by atoms with Crippen LogP contribution in [-0.4, -0.2) is 10.2 Å². The lowest BCUT2D eigenvalue weighted by atomic mass is 9.87. The molecule has 0 bridgehead atoms. The second-order valence-corrected chi connectivity index (χ2v) is 11.6. The molecule has 0 fully saturated rings. The van der Waals surface area contributed by atoms with Crippen LogP contribution in [0.4, 0.5) is 17.1 Å². The Morgan fingerprint density at radius 1 is 0.478 bits per heavy atom. The molecule has 0 amide bonds. The Bertz CT molecular complexity index is 2070. The molecule has 0 saturated heterocycles. The number of rotatable bonds is 5. The first-order valence-electron chi connectivity index (χ1n) is 15.0. The largest absolute Gasteiger partial charge is 0.416 e. The predicted octanol–water partition coefficient (Wildman–Crippen LogP) is 9.58. The van der Waals surface area contributed by atoms with Gasteiger partial charge in [0, 0.05) is 39.3 Å². The van der Waals surface area contributed by atoms with Gasteiger partial charge in [-0.2, -0.15) is 0 Å². The van der Waals surface area contributed by atoms with Crippen LogP contribution in [-0.2, 0) is 5.41 Å². The molecule has 0 saturated carbocycles. The van der Waals surface area contributed by atoms with E-state index in [4.69, 9.17) is 4.42 Å². The Morgan fingerprint density at radius 2 is 0.891 bits per heavy atom. The summed E-state index contributed by atoms with van der Waals surface area (Å²) in [6.07, 6.45) is 0. The summed E-state index contributed by atoms with van der Waals surface area (Å²) in [5.41, 5.74) is 8.02. The molecule has 46 heavy (non-hydrogen) atoms. The van der Waals surface area contributed by atoms with Crippen molar-refractivity contribution in [3.05, 3.63) is 150 Å². The van der Waals surface area contributed by atoms with E-state index in [-0.39, 0.29) is 5.41 Å². The topological polar surface area (TPSA) is 42.2 Å². The van der Waals surface area contributed by atoms with Crippen molar-refractivity contribution >= 4 is 17.1 Å². The maximum absolute atomic E-state index is 5.94. The molecule has 4 heteroatoms. The quantitative estimate of drug-likeness (QED) is 0.187. The third-order valence-electron chi connectivity index (χ3n) is 7.31. The molecule has 0 atom stereocenters. The van der Waals surface area contributed by atoms with Gasteiger partial charge in [-0.3, -0.25) is 0 Å². The zero-order chi connectivity index (χ0) is 31.8. The molecule has 220 valence electrons. The summed E-state index contributed by atoms with van der Waals surface area (Å²) in [4.78, 5) is 2.21. The minimum Gasteiger partial charge on any atom is -0.416 e. The average Bonchev–Trinajstić information content (AvgIpc) is 3.59. The molecular weight excluding hydrogens is 562 g/mol. The molecular formula is C42H31N3O. The van der Waals surface area contributed by atoms with Crippen molar-refractivity contribution in [3.8, 4) is 58.4 Å². The monoisotopic (exact) mass is 593 g/mol. The Balaban J connectivity index is 1.08. The van der Waals surface area contributed by atoms with Gasteiger partial charge in [0.1, 0.15) is 0 Å². The summed E-state index contributed by atoms with van der Waals surface area (Å²) in [6.45, 7) is 6.57. The number of nitrogens with zero attached hydrogens (tertiary/aromatic N) is 3. The van der Waals surface area contributed by atoms with Gasteiger partial charge >= 0.3 is 0 Å². The fraction of sp³-hybridized carbons (Fsp3) is 0.0952. The van der Waals surface area contributed by atoms with E-state index >= 15 is 0 Å². The van der Waals surface area contributed by atoms with Crippen LogP contribution in [0, 0.1) is 35.5 Å². The number of hydrogen-bond acceptors (Lipinski definition) is 4. The van der Waals surface area contributed by atoms with Crippen LogP contribution in [0.2, 0.25) is 0 Å². The predicted molar refractivity (Wildman–Crippen MR) is 187 cm³/mol. The van der Waals surface area contributed by atoms with Gasteiger partial charge in [-0.15, -0.1) is 10.2 Å². The molecule has 1 heterocycles. The third kappa shape index (κ3) is 7.26. The summed E-state index contributed by atoms with van der Waals surface area (Å²) in [5.74, 6) is 18.6. The molecule has 0 aliphatic rings. The first kappa shape index (κ1) is 29.8. The van der Waals surface area contributed by atoms with E-state index in [9.17, 15) is 0 Å². The summed E-state index contributed by atoms with van der Waals surface area (Å²) < 4.78 is 5.94. The average molecular weight is 594 g/mol. The lowest BCUT2D eigenvalue weighted by Gasteiger charge is -2.25. The van der Waals surface area contributed by atoms with Gasteiger partial charge < -0.3 is 9.32 Å². The van der Waals surface area contributed by atoms with Crippen molar-refractivity contribution in [1.82, 2.24) is 10.2 Å². The molecule has 0 radical (unpaired) electrons. The van der Waals surface area contributed by atoms with Crippen LogP contribution < -0.4 is 4.90 Å². The summed E-state index contributed by atoms with van der Waals surface area (Å²) in [7, 11) is 0. The molecule has 0 aliphatic carbocycles. The Morgan fingerprint density at radius 3 is 1.35 bits per heavy atom. The highest BCUT2D eigenvalue weighted by Crippen LogP contribution is 2.34. The van der Waals surface area contributed by atoms with Crippen molar-refractivity contribution in [1.29, 1.82) is 0 Å². The fourth-order valence-corrected chi connectivity index (χ4v) is 4.83. The van der Waals surface area contributed by atoms with Crippen molar-refractivity contribution < 1.29 is 4.42 Å². The first-order valence-corrected chi connectivity index (χ1v) is 15.0. The molecule has 0 aliphatic heterocycles. The van der Waals surface area contributed by atoms with E-state index in [0.29, 0.717) is 11.8 Å². The SMILES string of the molecule is CC(C)(C)c1ccc(-c2nnc(-c3ccc(C#CC#CC#Cc4ccc(N(c5ccccc5)c5ccccc5)cc4)cc3)o2)cc1. The van der Waals surface area contributed by atoms with E-state index in [1.54, 1.807) is 0 Å². The number of para-hydroxylation sites is 2. The van der Waals surface area contributed by atoms with Crippen LogP contribution in [0.1, 0.15) is 37.5 Å². The standard InChI is InChI=1S/C42H31N3O/c1-42(2,3)36-28-26-35(27-29-36)41-44-43-40(46-41)34-24-20-32(21-25-34)14-8-4-5-9-15-33-22-30-39(31-23-33)45(37-16-10-6-11-17-37)38-18-12-7-13-19-38/h6-7,10-13,16-31H,1-3H3.